The lowest BCUT2D eigenvalue weighted by Crippen LogP contribution is -2.21. The van der Waals surface area contributed by atoms with Crippen LogP contribution in [0.4, 0.5) is 0 Å². The summed E-state index contributed by atoms with van der Waals surface area (Å²) in [6.07, 6.45) is 9.64. The van der Waals surface area contributed by atoms with Crippen LogP contribution in [0.2, 0.25) is 0 Å². The van der Waals surface area contributed by atoms with Crippen LogP contribution in [0.5, 0.6) is 0 Å². The van der Waals surface area contributed by atoms with Gasteiger partial charge in [0.1, 0.15) is 0 Å². The van der Waals surface area contributed by atoms with Gasteiger partial charge >= 0.3 is 0 Å². The first kappa shape index (κ1) is 11.6. The smallest absolute Gasteiger partial charge is 0.0594 e. The SMILES string of the molecule is Cn1cc(CNCCOC2CCCC2)cn1. The van der Waals surface area contributed by atoms with Crippen molar-refractivity contribution in [2.75, 3.05) is 13.2 Å². The summed E-state index contributed by atoms with van der Waals surface area (Å²) in [4.78, 5) is 0. The van der Waals surface area contributed by atoms with Crippen LogP contribution in [0.3, 0.4) is 0 Å². The quantitative estimate of drug-likeness (QED) is 0.742. The maximum Gasteiger partial charge on any atom is 0.0594 e. The first-order valence-electron chi connectivity index (χ1n) is 6.14. The number of aromatic nitrogens is 2. The van der Waals surface area contributed by atoms with E-state index in [2.05, 4.69) is 10.4 Å². The molecule has 0 bridgehead atoms. The molecule has 0 radical (unpaired) electrons. The zero-order valence-corrected chi connectivity index (χ0v) is 9.98. The highest BCUT2D eigenvalue weighted by molar-refractivity contribution is 5.02. The van der Waals surface area contributed by atoms with Crippen LogP contribution < -0.4 is 5.32 Å². The number of nitrogens with zero attached hydrogens (tertiary/aromatic N) is 2. The largest absolute Gasteiger partial charge is 0.377 e. The Balaban J connectivity index is 1.51. The third kappa shape index (κ3) is 3.61. The van der Waals surface area contributed by atoms with Crippen LogP contribution in [0, 0.1) is 0 Å². The lowest BCUT2D eigenvalue weighted by molar-refractivity contribution is 0.0603. The van der Waals surface area contributed by atoms with Crippen molar-refractivity contribution in [1.82, 2.24) is 15.1 Å². The van der Waals surface area contributed by atoms with Crippen LogP contribution >= 0.6 is 0 Å². The van der Waals surface area contributed by atoms with Crippen LogP contribution in [0.1, 0.15) is 31.2 Å². The van der Waals surface area contributed by atoms with E-state index in [0.717, 1.165) is 19.7 Å². The molecule has 0 atom stereocenters. The van der Waals surface area contributed by atoms with Gasteiger partial charge in [0.05, 0.1) is 18.9 Å². The van der Waals surface area contributed by atoms with Gasteiger partial charge in [-0.2, -0.15) is 5.10 Å². The number of aryl methyl sites for hydroxylation is 1. The fraction of sp³-hybridized carbons (Fsp3) is 0.750. The third-order valence-corrected chi connectivity index (χ3v) is 3.02. The molecule has 1 fully saturated rings. The van der Waals surface area contributed by atoms with Gasteiger partial charge in [0.25, 0.3) is 0 Å². The molecule has 1 saturated carbocycles. The summed E-state index contributed by atoms with van der Waals surface area (Å²) in [6.45, 7) is 2.62. The molecule has 16 heavy (non-hydrogen) atoms. The summed E-state index contributed by atoms with van der Waals surface area (Å²) in [7, 11) is 1.94. The molecular formula is C12H21N3O. The van der Waals surface area contributed by atoms with Crippen molar-refractivity contribution in [1.29, 1.82) is 0 Å². The Hall–Kier alpha value is -0.870. The minimum atomic E-state index is 0.528. The van der Waals surface area contributed by atoms with E-state index in [1.54, 1.807) is 0 Å². The van der Waals surface area contributed by atoms with E-state index in [4.69, 9.17) is 4.74 Å². The van der Waals surface area contributed by atoms with E-state index >= 15 is 0 Å². The van der Waals surface area contributed by atoms with Gasteiger partial charge in [-0.15, -0.1) is 0 Å². The van der Waals surface area contributed by atoms with Crippen molar-refractivity contribution in [3.8, 4) is 0 Å². The number of hydrogen-bond acceptors (Lipinski definition) is 3. The van der Waals surface area contributed by atoms with Gasteiger partial charge in [-0.05, 0) is 12.8 Å². The van der Waals surface area contributed by atoms with Gasteiger partial charge in [0.15, 0.2) is 0 Å². The van der Waals surface area contributed by atoms with Crippen molar-refractivity contribution >= 4 is 0 Å². The van der Waals surface area contributed by atoms with Crippen molar-refractivity contribution < 1.29 is 4.74 Å². The number of nitrogens with one attached hydrogen (secondary N) is 1. The first-order valence-corrected chi connectivity index (χ1v) is 6.14. The monoisotopic (exact) mass is 223 g/mol. The lowest BCUT2D eigenvalue weighted by Gasteiger charge is -2.10. The molecule has 0 saturated heterocycles. The van der Waals surface area contributed by atoms with Crippen molar-refractivity contribution in [2.24, 2.45) is 7.05 Å². The van der Waals surface area contributed by atoms with Crippen molar-refractivity contribution in [3.63, 3.8) is 0 Å². The predicted molar refractivity (Wildman–Crippen MR) is 63.1 cm³/mol. The molecule has 0 aliphatic heterocycles. The fourth-order valence-electron chi connectivity index (χ4n) is 2.15. The molecule has 1 aromatic rings. The summed E-state index contributed by atoms with van der Waals surface area (Å²) in [5, 5.41) is 7.48. The zero-order chi connectivity index (χ0) is 11.2. The van der Waals surface area contributed by atoms with E-state index in [9.17, 15) is 0 Å². The molecule has 4 heteroatoms. The second-order valence-corrected chi connectivity index (χ2v) is 4.48. The molecule has 1 N–H and O–H groups in total. The maximum atomic E-state index is 5.76. The fourth-order valence-corrected chi connectivity index (χ4v) is 2.15. The van der Waals surface area contributed by atoms with Gasteiger partial charge < -0.3 is 10.1 Å². The molecule has 1 aliphatic rings. The standard InChI is InChI=1S/C12H21N3O/c1-15-10-11(9-14-15)8-13-6-7-16-12-4-2-3-5-12/h9-10,12-13H,2-8H2,1H3. The number of ether oxygens (including phenoxy) is 1. The Bertz CT molecular complexity index is 305. The van der Waals surface area contributed by atoms with Gasteiger partial charge in [-0.3, -0.25) is 4.68 Å². The highest BCUT2D eigenvalue weighted by Crippen LogP contribution is 2.20. The first-order chi connectivity index (χ1) is 7.84. The van der Waals surface area contributed by atoms with Gasteiger partial charge in [0, 0.05) is 31.9 Å². The zero-order valence-electron chi connectivity index (χ0n) is 9.98. The Morgan fingerprint density at radius 2 is 2.31 bits per heavy atom. The maximum absolute atomic E-state index is 5.76. The molecule has 0 spiro atoms. The van der Waals surface area contributed by atoms with Gasteiger partial charge in [-0.25, -0.2) is 0 Å². The topological polar surface area (TPSA) is 39.1 Å². The van der Waals surface area contributed by atoms with Crippen LogP contribution in [-0.2, 0) is 18.3 Å². The Kier molecular flexibility index (Phi) is 4.36. The average Bonchev–Trinajstić information content (AvgIpc) is 2.89. The molecule has 0 aromatic carbocycles. The van der Waals surface area contributed by atoms with E-state index in [1.165, 1.54) is 31.2 Å². The number of hydrogen-bond donors (Lipinski definition) is 1. The van der Waals surface area contributed by atoms with Crippen molar-refractivity contribution in [2.45, 2.75) is 38.3 Å². The van der Waals surface area contributed by atoms with Crippen LogP contribution in [-0.4, -0.2) is 29.0 Å². The molecule has 0 amide bonds. The van der Waals surface area contributed by atoms with E-state index < -0.39 is 0 Å². The normalized spacial score (nSPS) is 17.1. The van der Waals surface area contributed by atoms with Gasteiger partial charge in [-0.1, -0.05) is 12.8 Å². The third-order valence-electron chi connectivity index (χ3n) is 3.02. The Morgan fingerprint density at radius 3 is 3.00 bits per heavy atom. The molecule has 0 unspecified atom stereocenters. The van der Waals surface area contributed by atoms with Crippen molar-refractivity contribution in [3.05, 3.63) is 18.0 Å². The van der Waals surface area contributed by atoms with Crippen LogP contribution in [0.15, 0.2) is 12.4 Å². The minimum absolute atomic E-state index is 0.528. The lowest BCUT2D eigenvalue weighted by atomic mass is 10.3. The summed E-state index contributed by atoms with van der Waals surface area (Å²) < 4.78 is 7.59. The molecular weight excluding hydrogens is 202 g/mol. The van der Waals surface area contributed by atoms with Gasteiger partial charge in [0.2, 0.25) is 0 Å². The second kappa shape index (κ2) is 6.01. The molecule has 1 aromatic heterocycles. The molecule has 4 nitrogen and oxygen atoms in total. The van der Waals surface area contributed by atoms with E-state index in [0.29, 0.717) is 6.10 Å². The predicted octanol–water partition coefficient (Wildman–Crippen LogP) is 1.47. The molecule has 2 rings (SSSR count). The highest BCUT2D eigenvalue weighted by Gasteiger charge is 2.14. The summed E-state index contributed by atoms with van der Waals surface area (Å²) in [6, 6.07) is 0. The summed E-state index contributed by atoms with van der Waals surface area (Å²) >= 11 is 0. The Morgan fingerprint density at radius 1 is 1.50 bits per heavy atom. The molecule has 1 heterocycles. The highest BCUT2D eigenvalue weighted by atomic mass is 16.5. The van der Waals surface area contributed by atoms with E-state index in [1.807, 2.05) is 24.1 Å². The average molecular weight is 223 g/mol. The van der Waals surface area contributed by atoms with Crippen LogP contribution in [0.25, 0.3) is 0 Å². The summed E-state index contributed by atoms with van der Waals surface area (Å²) in [5.74, 6) is 0. The minimum Gasteiger partial charge on any atom is -0.377 e. The molecule has 90 valence electrons. The second-order valence-electron chi connectivity index (χ2n) is 4.48. The number of rotatable bonds is 6. The Labute approximate surface area is 97.0 Å². The molecule has 1 aliphatic carbocycles. The summed E-state index contributed by atoms with van der Waals surface area (Å²) in [5.41, 5.74) is 1.23. The van der Waals surface area contributed by atoms with E-state index in [-0.39, 0.29) is 0 Å².